The number of nitrogens with zero attached hydrogens (tertiary/aromatic N) is 2. The molecule has 0 bridgehead atoms. The first kappa shape index (κ1) is 22.1. The van der Waals surface area contributed by atoms with E-state index in [0.717, 1.165) is 30.4 Å². The Bertz CT molecular complexity index is 988. The Morgan fingerprint density at radius 1 is 1.33 bits per heavy atom. The van der Waals surface area contributed by atoms with Gasteiger partial charge in [0, 0.05) is 6.26 Å². The van der Waals surface area contributed by atoms with Gasteiger partial charge in [0.15, 0.2) is 5.82 Å². The van der Waals surface area contributed by atoms with Crippen LogP contribution in [0, 0.1) is 5.41 Å². The van der Waals surface area contributed by atoms with Gasteiger partial charge in [-0.3, -0.25) is 5.41 Å². The number of benzene rings is 1. The quantitative estimate of drug-likeness (QED) is 0.509. The van der Waals surface area contributed by atoms with Crippen LogP contribution in [0.3, 0.4) is 0 Å². The smallest absolute Gasteiger partial charge is 0.260 e. The highest BCUT2D eigenvalue weighted by Gasteiger charge is 2.28. The fraction of sp³-hybridized carbons (Fsp3) is 0.450. The van der Waals surface area contributed by atoms with Crippen LogP contribution < -0.4 is 0 Å². The second-order valence-corrected chi connectivity index (χ2v) is 8.87. The van der Waals surface area contributed by atoms with Crippen molar-refractivity contribution in [3.05, 3.63) is 53.6 Å². The van der Waals surface area contributed by atoms with Crippen molar-refractivity contribution in [2.24, 2.45) is 4.99 Å². The van der Waals surface area contributed by atoms with Crippen molar-refractivity contribution in [2.75, 3.05) is 19.5 Å². The third kappa shape index (κ3) is 5.97. The molecule has 1 fully saturated rings. The number of amidine groups is 1. The van der Waals surface area contributed by atoms with E-state index in [0.29, 0.717) is 13.2 Å². The molecule has 0 saturated carbocycles. The van der Waals surface area contributed by atoms with E-state index in [1.54, 1.807) is 13.1 Å². The molecular weight excluding hydrogens is 408 g/mol. The van der Waals surface area contributed by atoms with Crippen LogP contribution >= 0.6 is 0 Å². The minimum absolute atomic E-state index is 0.0103. The molecule has 10 heteroatoms. The first-order valence-corrected chi connectivity index (χ1v) is 11.6. The van der Waals surface area contributed by atoms with Gasteiger partial charge in [0.25, 0.3) is 5.90 Å². The predicted molar refractivity (Wildman–Crippen MR) is 112 cm³/mol. The topological polar surface area (TPSA) is 127 Å². The van der Waals surface area contributed by atoms with Gasteiger partial charge in [-0.05, 0) is 25.3 Å². The molecule has 1 aromatic carbocycles. The third-order valence-corrected chi connectivity index (χ3v) is 5.30. The number of imidazole rings is 1. The highest BCUT2D eigenvalue weighted by Crippen LogP contribution is 2.32. The molecule has 2 aromatic rings. The van der Waals surface area contributed by atoms with Crippen LogP contribution in [0.25, 0.3) is 0 Å². The maximum Gasteiger partial charge on any atom is 0.260 e. The normalized spacial score (nSPS) is 19.7. The minimum Gasteiger partial charge on any atom is -0.475 e. The van der Waals surface area contributed by atoms with E-state index in [2.05, 4.69) is 15.0 Å². The number of hydrogen-bond donors (Lipinski definition) is 2. The lowest BCUT2D eigenvalue weighted by atomic mass is 10.1. The number of aromatic nitrogens is 2. The Hall–Kier alpha value is -2.56. The number of aromatic amines is 1. The molecule has 1 aromatic heterocycles. The molecule has 2 N–H and O–H groups in total. The second-order valence-electron chi connectivity index (χ2n) is 6.94. The van der Waals surface area contributed by atoms with Crippen molar-refractivity contribution in [1.29, 1.82) is 5.41 Å². The molecule has 0 radical (unpaired) electrons. The number of ether oxygens (including phenoxy) is 3. The molecule has 9 nitrogen and oxygen atoms in total. The van der Waals surface area contributed by atoms with E-state index in [1.165, 1.54) is 0 Å². The maximum atomic E-state index is 11.5. The molecule has 0 amide bonds. The highest BCUT2D eigenvalue weighted by atomic mass is 32.2. The fourth-order valence-electron chi connectivity index (χ4n) is 3.01. The summed E-state index contributed by atoms with van der Waals surface area (Å²) in [6, 6.07) is 9.97. The summed E-state index contributed by atoms with van der Waals surface area (Å²) >= 11 is 0. The Balaban J connectivity index is 1.58. The molecule has 0 unspecified atom stereocenters. The zero-order chi connectivity index (χ0) is 21.6. The number of aliphatic imine (C=N–C) groups is 1. The summed E-state index contributed by atoms with van der Waals surface area (Å²) in [6.45, 7) is 3.04. The van der Waals surface area contributed by atoms with Gasteiger partial charge in [0.1, 0.15) is 0 Å². The van der Waals surface area contributed by atoms with Crippen LogP contribution in [0.15, 0.2) is 41.5 Å². The number of H-pyrrole nitrogens is 1. The van der Waals surface area contributed by atoms with Gasteiger partial charge in [0.05, 0.1) is 43.9 Å². The number of sulfone groups is 1. The van der Waals surface area contributed by atoms with Gasteiger partial charge in [-0.1, -0.05) is 30.3 Å². The molecule has 2 heterocycles. The summed E-state index contributed by atoms with van der Waals surface area (Å²) < 4.78 is 40.2. The van der Waals surface area contributed by atoms with Gasteiger partial charge in [-0.25, -0.2) is 13.4 Å². The highest BCUT2D eigenvalue weighted by molar-refractivity contribution is 8.05. The van der Waals surface area contributed by atoms with Crippen LogP contribution in [-0.2, 0) is 30.7 Å². The van der Waals surface area contributed by atoms with Crippen LogP contribution in [0.4, 0.5) is 0 Å². The molecule has 0 spiro atoms. The summed E-state index contributed by atoms with van der Waals surface area (Å²) in [5.41, 5.74) is 1.86. The lowest BCUT2D eigenvalue weighted by molar-refractivity contribution is -0.0215. The van der Waals surface area contributed by atoms with Crippen LogP contribution in [-0.4, -0.2) is 55.0 Å². The standard InChI is InChI=1S/C20H26N4O5S/c1-3-28-19(24-20(21)30(2,25)26)18-22-11-16(23-18)17-10-9-15(29-17)13-27-12-14-7-5-4-6-8-14/h4-8,11,15,17,21H,3,9-10,12-13H2,1-2H3,(H,22,23)/t15-,17+/m0/s1. The van der Waals surface area contributed by atoms with Crippen LogP contribution in [0.5, 0.6) is 0 Å². The van der Waals surface area contributed by atoms with Gasteiger partial charge in [0.2, 0.25) is 15.0 Å². The molecule has 1 aliphatic heterocycles. The molecule has 3 rings (SSSR count). The van der Waals surface area contributed by atoms with Gasteiger partial charge < -0.3 is 19.2 Å². The maximum absolute atomic E-state index is 11.5. The van der Waals surface area contributed by atoms with Crippen molar-refractivity contribution >= 4 is 20.9 Å². The zero-order valence-electron chi connectivity index (χ0n) is 17.0. The van der Waals surface area contributed by atoms with Gasteiger partial charge in [-0.2, -0.15) is 4.99 Å². The van der Waals surface area contributed by atoms with E-state index < -0.39 is 15.0 Å². The summed E-state index contributed by atoms with van der Waals surface area (Å²) in [5.74, 6) is 0.215. The zero-order valence-corrected chi connectivity index (χ0v) is 17.8. The van der Waals surface area contributed by atoms with Crippen molar-refractivity contribution < 1.29 is 22.6 Å². The Morgan fingerprint density at radius 3 is 2.80 bits per heavy atom. The number of rotatable bonds is 7. The average Bonchev–Trinajstić information content (AvgIpc) is 3.37. The molecule has 1 aliphatic rings. The van der Waals surface area contributed by atoms with E-state index >= 15 is 0 Å². The van der Waals surface area contributed by atoms with Crippen LogP contribution in [0.1, 0.15) is 43.0 Å². The van der Waals surface area contributed by atoms with Crippen molar-refractivity contribution in [2.45, 2.75) is 38.6 Å². The van der Waals surface area contributed by atoms with Crippen molar-refractivity contribution in [3.63, 3.8) is 0 Å². The summed E-state index contributed by atoms with van der Waals surface area (Å²) in [5, 5.41) is 6.81. The lowest BCUT2D eigenvalue weighted by Gasteiger charge is -2.13. The Labute approximate surface area is 175 Å². The first-order chi connectivity index (χ1) is 14.4. The van der Waals surface area contributed by atoms with E-state index in [4.69, 9.17) is 19.6 Å². The lowest BCUT2D eigenvalue weighted by Crippen LogP contribution is -2.16. The van der Waals surface area contributed by atoms with Crippen molar-refractivity contribution in [3.8, 4) is 0 Å². The summed E-state index contributed by atoms with van der Waals surface area (Å²) in [4.78, 5) is 11.1. The van der Waals surface area contributed by atoms with E-state index in [9.17, 15) is 8.42 Å². The SMILES string of the molecule is CCOC(=NC(=N)S(C)(=O)=O)c1ncc([C@H]2CC[C@@H](COCc3ccccc3)O2)[nH]1. The van der Waals surface area contributed by atoms with E-state index in [-0.39, 0.29) is 30.5 Å². The Morgan fingerprint density at radius 2 is 2.10 bits per heavy atom. The number of hydrogen-bond acceptors (Lipinski definition) is 7. The second kappa shape index (κ2) is 9.96. The Kier molecular flexibility index (Phi) is 7.35. The molecule has 1 saturated heterocycles. The first-order valence-electron chi connectivity index (χ1n) is 9.69. The third-order valence-electron chi connectivity index (χ3n) is 4.50. The molecule has 162 valence electrons. The summed E-state index contributed by atoms with van der Waals surface area (Å²) in [6.07, 6.45) is 4.02. The molecule has 0 aliphatic carbocycles. The van der Waals surface area contributed by atoms with Crippen LogP contribution in [0.2, 0.25) is 0 Å². The predicted octanol–water partition coefficient (Wildman–Crippen LogP) is 2.61. The van der Waals surface area contributed by atoms with Gasteiger partial charge in [-0.15, -0.1) is 0 Å². The molecule has 2 atom stereocenters. The van der Waals surface area contributed by atoms with Gasteiger partial charge >= 0.3 is 0 Å². The number of nitrogens with one attached hydrogen (secondary N) is 2. The monoisotopic (exact) mass is 434 g/mol. The average molecular weight is 435 g/mol. The molecular formula is C20H26N4O5S. The van der Waals surface area contributed by atoms with E-state index in [1.807, 2.05) is 30.3 Å². The largest absolute Gasteiger partial charge is 0.475 e. The minimum atomic E-state index is -3.73. The fourth-order valence-corrected chi connectivity index (χ4v) is 3.26. The van der Waals surface area contributed by atoms with Crippen molar-refractivity contribution in [1.82, 2.24) is 9.97 Å². The molecule has 30 heavy (non-hydrogen) atoms. The summed E-state index contributed by atoms with van der Waals surface area (Å²) in [7, 11) is -3.73.